The fourth-order valence-electron chi connectivity index (χ4n) is 3.53. The Morgan fingerprint density at radius 2 is 1.32 bits per heavy atom. The lowest BCUT2D eigenvalue weighted by molar-refractivity contribution is 0.554. The van der Waals surface area contributed by atoms with Crippen LogP contribution in [0.4, 0.5) is 0 Å². The van der Waals surface area contributed by atoms with E-state index in [-0.39, 0.29) is 5.16 Å². The zero-order valence-electron chi connectivity index (χ0n) is 14.7. The van der Waals surface area contributed by atoms with Gasteiger partial charge in [0.2, 0.25) is 16.2 Å². The maximum absolute atomic E-state index is 11.8. The van der Waals surface area contributed by atoms with Crippen LogP contribution in [0.15, 0.2) is 90.1 Å². The fraction of sp³-hybridized carbons (Fsp3) is 0. The molecular weight excluding hydrogens is 370 g/mol. The van der Waals surface area contributed by atoms with Gasteiger partial charge in [-0.25, -0.2) is 14.2 Å². The molecule has 0 amide bonds. The lowest BCUT2D eigenvalue weighted by Crippen LogP contribution is -2.05. The van der Waals surface area contributed by atoms with Crippen molar-refractivity contribution in [3.8, 4) is 17.1 Å². The van der Waals surface area contributed by atoms with Crippen LogP contribution in [0, 0.1) is 0 Å². The molecule has 5 aromatic rings. The van der Waals surface area contributed by atoms with E-state index in [0.717, 1.165) is 27.4 Å². The Morgan fingerprint density at radius 1 is 0.750 bits per heavy atom. The summed E-state index contributed by atoms with van der Waals surface area (Å²) in [5, 5.41) is 2.09. The molecule has 5 rings (SSSR count). The van der Waals surface area contributed by atoms with Crippen LogP contribution >= 0.6 is 0 Å². The summed E-state index contributed by atoms with van der Waals surface area (Å²) in [5.74, 6) is 0.559. The summed E-state index contributed by atoms with van der Waals surface area (Å²) in [5.41, 5.74) is 3.43. The van der Waals surface area contributed by atoms with Crippen molar-refractivity contribution < 1.29 is 8.76 Å². The minimum atomic E-state index is -2.29. The van der Waals surface area contributed by atoms with Gasteiger partial charge in [-0.15, -0.1) is 0 Å². The Morgan fingerprint density at radius 3 is 1.93 bits per heavy atom. The molecule has 0 fully saturated rings. The number of nitrogens with zero attached hydrogens (tertiary/aromatic N) is 3. The van der Waals surface area contributed by atoms with E-state index in [9.17, 15) is 8.76 Å². The fourth-order valence-corrected chi connectivity index (χ4v) is 3.88. The monoisotopic (exact) mass is 385 g/mol. The van der Waals surface area contributed by atoms with Gasteiger partial charge < -0.3 is 0 Å². The Balaban J connectivity index is 1.87. The van der Waals surface area contributed by atoms with Crippen molar-refractivity contribution >= 4 is 32.9 Å². The summed E-state index contributed by atoms with van der Waals surface area (Å²) in [6.07, 6.45) is 0. The van der Waals surface area contributed by atoms with Crippen molar-refractivity contribution in [3.05, 3.63) is 84.9 Å². The van der Waals surface area contributed by atoms with Gasteiger partial charge in [0.05, 0.1) is 16.7 Å². The highest BCUT2D eigenvalue weighted by Crippen LogP contribution is 2.32. The minimum Gasteiger partial charge on any atom is -0.300 e. The average Bonchev–Trinajstić information content (AvgIpc) is 3.08. The van der Waals surface area contributed by atoms with E-state index in [1.807, 2.05) is 77.4 Å². The molecule has 136 valence electrons. The van der Waals surface area contributed by atoms with Crippen LogP contribution in [0.25, 0.3) is 38.9 Å². The van der Waals surface area contributed by atoms with Crippen molar-refractivity contribution in [2.45, 2.75) is 5.16 Å². The second kappa shape index (κ2) is 6.67. The van der Waals surface area contributed by atoms with E-state index in [2.05, 4.69) is 22.1 Å². The molecular formula is C22H15N3O2S. The van der Waals surface area contributed by atoms with Crippen LogP contribution in [-0.4, -0.2) is 23.3 Å². The first-order chi connectivity index (χ1) is 13.7. The number of benzene rings is 3. The largest absolute Gasteiger partial charge is 0.300 e. The van der Waals surface area contributed by atoms with Crippen molar-refractivity contribution in [2.75, 3.05) is 0 Å². The van der Waals surface area contributed by atoms with Gasteiger partial charge in [0.1, 0.15) is 5.82 Å². The molecule has 1 unspecified atom stereocenters. The predicted molar refractivity (Wildman–Crippen MR) is 111 cm³/mol. The highest BCUT2D eigenvalue weighted by atomic mass is 32.2. The molecule has 1 atom stereocenters. The molecule has 0 aliphatic rings. The SMILES string of the molecule is O=S(O)c1nc(-c2ccccc2)cc(-n2c3ccccc3c3ccccc32)n1. The summed E-state index contributed by atoms with van der Waals surface area (Å²) in [7, 11) is 0. The molecule has 0 spiro atoms. The third kappa shape index (κ3) is 2.70. The molecule has 0 saturated carbocycles. The smallest absolute Gasteiger partial charge is 0.249 e. The maximum Gasteiger partial charge on any atom is 0.249 e. The molecule has 0 radical (unpaired) electrons. The molecule has 3 aromatic carbocycles. The van der Waals surface area contributed by atoms with E-state index in [0.29, 0.717) is 11.5 Å². The standard InChI is InChI=1S/C22H15N3O2S/c26-28(27)22-23-18(15-8-2-1-3-9-15)14-21(24-22)25-19-12-6-4-10-16(19)17-11-5-7-13-20(17)25/h1-14H,(H,26,27). The predicted octanol–water partition coefficient (Wildman–Crippen LogP) is 4.82. The van der Waals surface area contributed by atoms with E-state index >= 15 is 0 Å². The third-order valence-corrected chi connectivity index (χ3v) is 5.22. The van der Waals surface area contributed by atoms with Gasteiger partial charge in [-0.3, -0.25) is 9.12 Å². The van der Waals surface area contributed by atoms with Gasteiger partial charge in [0.15, 0.2) is 0 Å². The number of para-hydroxylation sites is 2. The lowest BCUT2D eigenvalue weighted by Gasteiger charge is -2.10. The second-order valence-electron chi connectivity index (χ2n) is 6.38. The molecule has 0 aliphatic carbocycles. The summed E-state index contributed by atoms with van der Waals surface area (Å²) in [4.78, 5) is 8.70. The van der Waals surface area contributed by atoms with Crippen LogP contribution in [0.2, 0.25) is 0 Å². The highest BCUT2D eigenvalue weighted by molar-refractivity contribution is 7.79. The second-order valence-corrected chi connectivity index (χ2v) is 7.24. The minimum absolute atomic E-state index is 0.113. The van der Waals surface area contributed by atoms with Gasteiger partial charge in [0.25, 0.3) is 0 Å². The zero-order chi connectivity index (χ0) is 19.1. The molecule has 0 aliphatic heterocycles. The molecule has 28 heavy (non-hydrogen) atoms. The van der Waals surface area contributed by atoms with E-state index in [4.69, 9.17) is 0 Å². The molecule has 0 saturated heterocycles. The zero-order valence-corrected chi connectivity index (χ0v) is 15.5. The Hall–Kier alpha value is -3.35. The molecule has 2 heterocycles. The lowest BCUT2D eigenvalue weighted by atomic mass is 10.1. The van der Waals surface area contributed by atoms with Gasteiger partial charge >= 0.3 is 0 Å². The third-order valence-electron chi connectivity index (χ3n) is 4.73. The van der Waals surface area contributed by atoms with E-state index in [1.54, 1.807) is 0 Å². The summed E-state index contributed by atoms with van der Waals surface area (Å²) in [6.45, 7) is 0. The number of aromatic nitrogens is 3. The summed E-state index contributed by atoms with van der Waals surface area (Å²) in [6, 6.07) is 27.6. The van der Waals surface area contributed by atoms with Crippen LogP contribution in [0.3, 0.4) is 0 Å². The highest BCUT2D eigenvalue weighted by Gasteiger charge is 2.16. The van der Waals surface area contributed by atoms with E-state index < -0.39 is 11.1 Å². The molecule has 6 heteroatoms. The van der Waals surface area contributed by atoms with Crippen LogP contribution in [-0.2, 0) is 11.1 Å². The summed E-state index contributed by atoms with van der Waals surface area (Å²) >= 11 is -2.29. The van der Waals surface area contributed by atoms with Crippen molar-refractivity contribution in [2.24, 2.45) is 0 Å². The van der Waals surface area contributed by atoms with Crippen molar-refractivity contribution in [1.29, 1.82) is 0 Å². The van der Waals surface area contributed by atoms with E-state index in [1.165, 1.54) is 0 Å². The number of hydrogen-bond acceptors (Lipinski definition) is 3. The van der Waals surface area contributed by atoms with Crippen LogP contribution in [0.1, 0.15) is 0 Å². The van der Waals surface area contributed by atoms with Gasteiger partial charge in [-0.2, -0.15) is 0 Å². The first kappa shape index (κ1) is 16.8. The van der Waals surface area contributed by atoms with Crippen LogP contribution < -0.4 is 0 Å². The van der Waals surface area contributed by atoms with Crippen molar-refractivity contribution in [3.63, 3.8) is 0 Å². The topological polar surface area (TPSA) is 68.0 Å². The first-order valence-electron chi connectivity index (χ1n) is 8.76. The average molecular weight is 385 g/mol. The number of hydrogen-bond donors (Lipinski definition) is 1. The maximum atomic E-state index is 11.8. The van der Waals surface area contributed by atoms with Gasteiger partial charge in [0, 0.05) is 22.4 Å². The van der Waals surface area contributed by atoms with Crippen LogP contribution in [0.5, 0.6) is 0 Å². The normalized spacial score (nSPS) is 12.5. The molecule has 2 aromatic heterocycles. The molecule has 1 N–H and O–H groups in total. The molecule has 5 nitrogen and oxygen atoms in total. The van der Waals surface area contributed by atoms with Gasteiger partial charge in [-0.05, 0) is 12.1 Å². The number of fused-ring (bicyclic) bond motifs is 3. The Labute approximate surface area is 163 Å². The Kier molecular flexibility index (Phi) is 4.00. The van der Waals surface area contributed by atoms with Crippen molar-refractivity contribution in [1.82, 2.24) is 14.5 Å². The molecule has 0 bridgehead atoms. The first-order valence-corrected chi connectivity index (χ1v) is 9.87. The van der Waals surface area contributed by atoms with Gasteiger partial charge in [-0.1, -0.05) is 66.7 Å². The number of rotatable bonds is 3. The Bertz CT molecular complexity index is 1290. The quantitative estimate of drug-likeness (QED) is 0.357. The summed E-state index contributed by atoms with van der Waals surface area (Å²) < 4.78 is 23.5.